The van der Waals surface area contributed by atoms with E-state index in [1.54, 1.807) is 0 Å². The summed E-state index contributed by atoms with van der Waals surface area (Å²) in [7, 11) is 0. The number of halogens is 1. The Morgan fingerprint density at radius 1 is 1.50 bits per heavy atom. The zero-order valence-corrected chi connectivity index (χ0v) is 9.62. The summed E-state index contributed by atoms with van der Waals surface area (Å²) in [5.41, 5.74) is 0.950. The van der Waals surface area contributed by atoms with Crippen LogP contribution in [-0.2, 0) is 5.41 Å². The molecule has 0 unspecified atom stereocenters. The molecule has 0 radical (unpaired) electrons. The molecular formula is C8H10BrNOS. The van der Waals surface area contributed by atoms with Crippen molar-refractivity contribution in [2.45, 2.75) is 26.2 Å². The molecule has 2 nitrogen and oxygen atoms in total. The molecule has 1 aromatic rings. The largest absolute Gasteiger partial charge is 0.295 e. The molecule has 0 aliphatic heterocycles. The Hall–Kier alpha value is -0.220. The average Bonchev–Trinajstić information content (AvgIpc) is 2.29. The summed E-state index contributed by atoms with van der Waals surface area (Å²) in [6, 6.07) is 0. The zero-order valence-electron chi connectivity index (χ0n) is 7.22. The van der Waals surface area contributed by atoms with Crippen LogP contribution in [0.15, 0.2) is 3.79 Å². The summed E-state index contributed by atoms with van der Waals surface area (Å²) in [6.07, 6.45) is 0.782. The van der Waals surface area contributed by atoms with Gasteiger partial charge in [-0.3, -0.25) is 4.79 Å². The lowest BCUT2D eigenvalue weighted by Gasteiger charge is -2.15. The lowest BCUT2D eigenvalue weighted by atomic mass is 9.93. The molecular weight excluding hydrogens is 238 g/mol. The van der Waals surface area contributed by atoms with Gasteiger partial charge in [0.25, 0.3) is 0 Å². The van der Waals surface area contributed by atoms with Gasteiger partial charge in [0.1, 0.15) is 0 Å². The van der Waals surface area contributed by atoms with Crippen molar-refractivity contribution in [3.05, 3.63) is 14.5 Å². The maximum Gasteiger partial charge on any atom is 0.178 e. The second-order valence-corrected chi connectivity index (χ2v) is 5.89. The first-order valence-electron chi connectivity index (χ1n) is 3.57. The number of aromatic nitrogens is 1. The molecule has 0 amide bonds. The van der Waals surface area contributed by atoms with E-state index in [2.05, 4.69) is 41.7 Å². The third-order valence-electron chi connectivity index (χ3n) is 1.41. The van der Waals surface area contributed by atoms with Crippen molar-refractivity contribution >= 4 is 33.6 Å². The van der Waals surface area contributed by atoms with Crippen LogP contribution < -0.4 is 0 Å². The van der Waals surface area contributed by atoms with Crippen LogP contribution in [0.2, 0.25) is 0 Å². The van der Waals surface area contributed by atoms with E-state index in [1.807, 2.05) is 0 Å². The Labute approximate surface area is 84.1 Å². The fraction of sp³-hybridized carbons (Fsp3) is 0.500. The number of aldehydes is 1. The molecule has 0 fully saturated rings. The van der Waals surface area contributed by atoms with Gasteiger partial charge in [-0.1, -0.05) is 20.8 Å². The fourth-order valence-corrected chi connectivity index (χ4v) is 2.83. The van der Waals surface area contributed by atoms with Crippen LogP contribution in [0.25, 0.3) is 0 Å². The van der Waals surface area contributed by atoms with E-state index >= 15 is 0 Å². The van der Waals surface area contributed by atoms with Gasteiger partial charge in [0.15, 0.2) is 11.3 Å². The van der Waals surface area contributed by atoms with E-state index < -0.39 is 0 Å². The standard InChI is InChI=1S/C8H10BrNOS/c1-8(2,3)6-7(9)12-5(4-11)10-6/h4H,1-3H3. The Morgan fingerprint density at radius 3 is 2.33 bits per heavy atom. The molecule has 1 heterocycles. The summed E-state index contributed by atoms with van der Waals surface area (Å²) in [6.45, 7) is 6.21. The molecule has 1 rings (SSSR count). The van der Waals surface area contributed by atoms with Crippen molar-refractivity contribution in [2.24, 2.45) is 0 Å². The van der Waals surface area contributed by atoms with Crippen LogP contribution in [0.3, 0.4) is 0 Å². The predicted molar refractivity (Wildman–Crippen MR) is 53.9 cm³/mol. The molecule has 1 aromatic heterocycles. The van der Waals surface area contributed by atoms with E-state index in [9.17, 15) is 4.79 Å². The number of nitrogens with zero attached hydrogens (tertiary/aromatic N) is 1. The van der Waals surface area contributed by atoms with E-state index in [4.69, 9.17) is 0 Å². The van der Waals surface area contributed by atoms with Gasteiger partial charge in [0, 0.05) is 5.41 Å². The van der Waals surface area contributed by atoms with Gasteiger partial charge in [0.05, 0.1) is 9.48 Å². The molecule has 0 bridgehead atoms. The number of hydrogen-bond donors (Lipinski definition) is 0. The Balaban J connectivity index is 3.16. The number of hydrogen-bond acceptors (Lipinski definition) is 3. The lowest BCUT2D eigenvalue weighted by molar-refractivity contribution is 0.112. The van der Waals surface area contributed by atoms with Gasteiger partial charge in [-0.15, -0.1) is 11.3 Å². The summed E-state index contributed by atoms with van der Waals surface area (Å²) >= 11 is 4.77. The molecule has 0 saturated heterocycles. The predicted octanol–water partition coefficient (Wildman–Crippen LogP) is 3.02. The van der Waals surface area contributed by atoms with Gasteiger partial charge < -0.3 is 0 Å². The van der Waals surface area contributed by atoms with Gasteiger partial charge in [-0.05, 0) is 15.9 Å². The molecule has 0 saturated carbocycles. The lowest BCUT2D eigenvalue weighted by Crippen LogP contribution is -2.12. The molecule has 0 aliphatic carbocycles. The maximum atomic E-state index is 10.4. The molecule has 0 spiro atoms. The average molecular weight is 248 g/mol. The molecule has 0 N–H and O–H groups in total. The highest BCUT2D eigenvalue weighted by atomic mass is 79.9. The Kier molecular flexibility index (Phi) is 2.68. The third-order valence-corrected chi connectivity index (χ3v) is 3.04. The van der Waals surface area contributed by atoms with Crippen LogP contribution in [-0.4, -0.2) is 11.3 Å². The smallest absolute Gasteiger partial charge is 0.178 e. The number of carbonyl (C=O) groups excluding carboxylic acids is 1. The van der Waals surface area contributed by atoms with Crippen molar-refractivity contribution in [3.63, 3.8) is 0 Å². The second-order valence-electron chi connectivity index (χ2n) is 3.54. The van der Waals surface area contributed by atoms with Crippen molar-refractivity contribution in [3.8, 4) is 0 Å². The number of thiazole rings is 1. The van der Waals surface area contributed by atoms with E-state index in [0.717, 1.165) is 15.8 Å². The first-order chi connectivity index (χ1) is 5.45. The SMILES string of the molecule is CC(C)(C)c1nc(C=O)sc1Br. The minimum Gasteiger partial charge on any atom is -0.295 e. The summed E-state index contributed by atoms with van der Waals surface area (Å²) < 4.78 is 0.956. The highest BCUT2D eigenvalue weighted by Crippen LogP contribution is 2.32. The zero-order chi connectivity index (χ0) is 9.35. The molecule has 0 atom stereocenters. The van der Waals surface area contributed by atoms with Gasteiger partial charge in [-0.2, -0.15) is 0 Å². The topological polar surface area (TPSA) is 30.0 Å². The van der Waals surface area contributed by atoms with Crippen molar-refractivity contribution < 1.29 is 4.79 Å². The summed E-state index contributed by atoms with van der Waals surface area (Å²) in [5, 5.41) is 0.534. The van der Waals surface area contributed by atoms with E-state index in [1.165, 1.54) is 11.3 Å². The summed E-state index contributed by atoms with van der Waals surface area (Å²) in [5.74, 6) is 0. The van der Waals surface area contributed by atoms with Crippen molar-refractivity contribution in [1.29, 1.82) is 0 Å². The molecule has 4 heteroatoms. The van der Waals surface area contributed by atoms with Gasteiger partial charge in [0.2, 0.25) is 0 Å². The van der Waals surface area contributed by atoms with Crippen LogP contribution in [0, 0.1) is 0 Å². The molecule has 0 aliphatic rings. The molecule has 66 valence electrons. The van der Waals surface area contributed by atoms with Crippen LogP contribution >= 0.6 is 27.3 Å². The van der Waals surface area contributed by atoms with Gasteiger partial charge in [-0.25, -0.2) is 4.98 Å². The van der Waals surface area contributed by atoms with Crippen molar-refractivity contribution in [2.75, 3.05) is 0 Å². The fourth-order valence-electron chi connectivity index (χ4n) is 0.830. The second kappa shape index (κ2) is 3.26. The summed E-state index contributed by atoms with van der Waals surface area (Å²) in [4.78, 5) is 14.6. The van der Waals surface area contributed by atoms with Crippen LogP contribution in [0.5, 0.6) is 0 Å². The Bertz CT molecular complexity index is 300. The maximum absolute atomic E-state index is 10.4. The highest BCUT2D eigenvalue weighted by molar-refractivity contribution is 9.11. The van der Waals surface area contributed by atoms with Crippen molar-refractivity contribution in [1.82, 2.24) is 4.98 Å². The third kappa shape index (κ3) is 1.93. The first kappa shape index (κ1) is 9.86. The normalized spacial score (nSPS) is 11.7. The van der Waals surface area contributed by atoms with E-state index in [0.29, 0.717) is 5.01 Å². The minimum absolute atomic E-state index is 0.00338. The molecule has 12 heavy (non-hydrogen) atoms. The van der Waals surface area contributed by atoms with Crippen LogP contribution in [0.4, 0.5) is 0 Å². The quantitative estimate of drug-likeness (QED) is 0.715. The van der Waals surface area contributed by atoms with Gasteiger partial charge >= 0.3 is 0 Å². The molecule has 0 aromatic carbocycles. The number of rotatable bonds is 1. The van der Waals surface area contributed by atoms with E-state index in [-0.39, 0.29) is 5.41 Å². The minimum atomic E-state index is -0.00338. The Morgan fingerprint density at radius 2 is 2.08 bits per heavy atom. The first-order valence-corrected chi connectivity index (χ1v) is 5.18. The monoisotopic (exact) mass is 247 g/mol. The number of carbonyl (C=O) groups is 1. The highest BCUT2D eigenvalue weighted by Gasteiger charge is 2.21. The van der Waals surface area contributed by atoms with Crippen LogP contribution in [0.1, 0.15) is 36.3 Å².